The average Bonchev–Trinajstić information content (AvgIpc) is 2.29. The molecule has 0 bridgehead atoms. The highest BCUT2D eigenvalue weighted by Gasteiger charge is 2.20. The fourth-order valence-corrected chi connectivity index (χ4v) is 1.93. The van der Waals surface area contributed by atoms with Crippen molar-refractivity contribution in [3.05, 3.63) is 0 Å². The van der Waals surface area contributed by atoms with Gasteiger partial charge in [-0.3, -0.25) is 9.69 Å². The largest absolute Gasteiger partial charge is 0.396 e. The number of carbonyl (C=O) groups is 1. The van der Waals surface area contributed by atoms with Crippen LogP contribution in [-0.2, 0) is 4.79 Å². The Morgan fingerprint density at radius 1 is 1.35 bits per heavy atom. The minimum absolute atomic E-state index is 0.0886. The summed E-state index contributed by atoms with van der Waals surface area (Å²) < 4.78 is 0. The quantitative estimate of drug-likeness (QED) is 0.644. The van der Waals surface area contributed by atoms with Crippen LogP contribution in [0.5, 0.6) is 0 Å². The summed E-state index contributed by atoms with van der Waals surface area (Å²) in [5.41, 5.74) is 0. The normalized spacial score (nSPS) is 14.7. The van der Waals surface area contributed by atoms with E-state index in [4.69, 9.17) is 5.11 Å². The Bertz CT molecular complexity index is 210. The fourth-order valence-electron chi connectivity index (χ4n) is 1.93. The van der Waals surface area contributed by atoms with E-state index in [1.54, 1.807) is 0 Å². The first-order chi connectivity index (χ1) is 8.06. The molecule has 0 saturated carbocycles. The molecule has 0 spiro atoms. The standard InChI is InChI=1S/C13H28N2O2/c1-5-8-11(3)14-13(17)12(4)15(6-2)9-7-10-16/h11-12,16H,5-10H2,1-4H3,(H,14,17). The summed E-state index contributed by atoms with van der Waals surface area (Å²) in [4.78, 5) is 14.1. The van der Waals surface area contributed by atoms with Crippen molar-refractivity contribution in [2.75, 3.05) is 19.7 Å². The Balaban J connectivity index is 4.15. The molecule has 0 aromatic heterocycles. The van der Waals surface area contributed by atoms with Gasteiger partial charge in [-0.15, -0.1) is 0 Å². The van der Waals surface area contributed by atoms with Gasteiger partial charge in [0, 0.05) is 19.2 Å². The van der Waals surface area contributed by atoms with E-state index in [2.05, 4.69) is 17.1 Å². The summed E-state index contributed by atoms with van der Waals surface area (Å²) in [6.45, 7) is 9.90. The van der Waals surface area contributed by atoms with Crippen LogP contribution in [0.3, 0.4) is 0 Å². The van der Waals surface area contributed by atoms with Crippen LogP contribution < -0.4 is 5.32 Å². The van der Waals surface area contributed by atoms with E-state index in [9.17, 15) is 4.79 Å². The van der Waals surface area contributed by atoms with E-state index in [-0.39, 0.29) is 24.6 Å². The summed E-state index contributed by atoms with van der Waals surface area (Å²) in [5.74, 6) is 0.0886. The summed E-state index contributed by atoms with van der Waals surface area (Å²) in [6.07, 6.45) is 2.81. The third kappa shape index (κ3) is 6.64. The zero-order valence-electron chi connectivity index (χ0n) is 11.7. The Kier molecular flexibility index (Phi) is 9.09. The Hall–Kier alpha value is -0.610. The lowest BCUT2D eigenvalue weighted by molar-refractivity contribution is -0.126. The van der Waals surface area contributed by atoms with Crippen molar-refractivity contribution >= 4 is 5.91 Å². The van der Waals surface area contributed by atoms with Crippen molar-refractivity contribution in [1.82, 2.24) is 10.2 Å². The van der Waals surface area contributed by atoms with E-state index in [0.717, 1.165) is 32.4 Å². The third-order valence-electron chi connectivity index (χ3n) is 3.05. The number of likely N-dealkylation sites (N-methyl/N-ethyl adjacent to an activating group) is 1. The molecule has 0 heterocycles. The molecule has 102 valence electrons. The first kappa shape index (κ1) is 16.4. The number of aliphatic hydroxyl groups excluding tert-OH is 1. The van der Waals surface area contributed by atoms with Gasteiger partial charge >= 0.3 is 0 Å². The van der Waals surface area contributed by atoms with E-state index >= 15 is 0 Å². The Morgan fingerprint density at radius 3 is 2.47 bits per heavy atom. The smallest absolute Gasteiger partial charge is 0.237 e. The molecule has 0 fully saturated rings. The van der Waals surface area contributed by atoms with Gasteiger partial charge in [-0.05, 0) is 33.2 Å². The van der Waals surface area contributed by atoms with Crippen LogP contribution in [-0.4, -0.2) is 47.7 Å². The van der Waals surface area contributed by atoms with E-state index in [1.807, 2.05) is 20.8 Å². The van der Waals surface area contributed by atoms with Gasteiger partial charge in [0.1, 0.15) is 0 Å². The first-order valence-electron chi connectivity index (χ1n) is 6.72. The molecule has 0 radical (unpaired) electrons. The van der Waals surface area contributed by atoms with Crippen LogP contribution in [0.15, 0.2) is 0 Å². The highest BCUT2D eigenvalue weighted by atomic mass is 16.3. The van der Waals surface area contributed by atoms with Crippen LogP contribution in [0.4, 0.5) is 0 Å². The summed E-state index contributed by atoms with van der Waals surface area (Å²) in [7, 11) is 0. The van der Waals surface area contributed by atoms with E-state index in [1.165, 1.54) is 0 Å². The number of carbonyl (C=O) groups excluding carboxylic acids is 1. The molecule has 2 atom stereocenters. The maximum absolute atomic E-state index is 12.0. The van der Waals surface area contributed by atoms with Gasteiger partial charge in [-0.25, -0.2) is 0 Å². The molecule has 0 aromatic rings. The minimum Gasteiger partial charge on any atom is -0.396 e. The summed E-state index contributed by atoms with van der Waals surface area (Å²) in [6, 6.07) is 0.123. The monoisotopic (exact) mass is 244 g/mol. The maximum atomic E-state index is 12.0. The highest BCUT2D eigenvalue weighted by molar-refractivity contribution is 5.81. The molecule has 2 N–H and O–H groups in total. The lowest BCUT2D eigenvalue weighted by Gasteiger charge is -2.27. The molecule has 17 heavy (non-hydrogen) atoms. The van der Waals surface area contributed by atoms with Gasteiger partial charge in [0.25, 0.3) is 0 Å². The molecule has 4 heteroatoms. The average molecular weight is 244 g/mol. The van der Waals surface area contributed by atoms with Gasteiger partial charge in [-0.2, -0.15) is 0 Å². The summed E-state index contributed by atoms with van der Waals surface area (Å²) in [5, 5.41) is 11.8. The first-order valence-corrected chi connectivity index (χ1v) is 6.72. The molecule has 0 aliphatic heterocycles. The number of nitrogens with one attached hydrogen (secondary N) is 1. The van der Waals surface area contributed by atoms with Gasteiger partial charge in [0.05, 0.1) is 6.04 Å². The van der Waals surface area contributed by atoms with Crippen molar-refractivity contribution in [1.29, 1.82) is 0 Å². The van der Waals surface area contributed by atoms with E-state index in [0.29, 0.717) is 0 Å². The molecule has 0 rings (SSSR count). The lowest BCUT2D eigenvalue weighted by atomic mass is 10.1. The van der Waals surface area contributed by atoms with Crippen molar-refractivity contribution < 1.29 is 9.90 Å². The van der Waals surface area contributed by atoms with Crippen molar-refractivity contribution in [3.63, 3.8) is 0 Å². The second-order valence-corrected chi connectivity index (χ2v) is 4.58. The van der Waals surface area contributed by atoms with Crippen LogP contribution in [0.25, 0.3) is 0 Å². The maximum Gasteiger partial charge on any atom is 0.237 e. The molecule has 0 aliphatic carbocycles. The van der Waals surface area contributed by atoms with Crippen LogP contribution in [0, 0.1) is 0 Å². The second kappa shape index (κ2) is 9.42. The Labute approximate surface area is 105 Å². The predicted octanol–water partition coefficient (Wildman–Crippen LogP) is 1.38. The molecule has 0 aliphatic rings. The zero-order valence-corrected chi connectivity index (χ0v) is 11.7. The molecule has 4 nitrogen and oxygen atoms in total. The van der Waals surface area contributed by atoms with Crippen LogP contribution in [0.2, 0.25) is 0 Å². The number of rotatable bonds is 9. The van der Waals surface area contributed by atoms with Crippen LogP contribution in [0.1, 0.15) is 47.0 Å². The number of amides is 1. The molecule has 0 aromatic carbocycles. The number of hydrogen-bond donors (Lipinski definition) is 2. The van der Waals surface area contributed by atoms with Crippen molar-refractivity contribution in [3.8, 4) is 0 Å². The van der Waals surface area contributed by atoms with Gasteiger partial charge < -0.3 is 10.4 Å². The molecular formula is C13H28N2O2. The molecular weight excluding hydrogens is 216 g/mol. The third-order valence-corrected chi connectivity index (χ3v) is 3.05. The van der Waals surface area contributed by atoms with Gasteiger partial charge in [0.15, 0.2) is 0 Å². The summed E-state index contributed by atoms with van der Waals surface area (Å²) >= 11 is 0. The van der Waals surface area contributed by atoms with Crippen LogP contribution >= 0.6 is 0 Å². The second-order valence-electron chi connectivity index (χ2n) is 4.58. The SMILES string of the molecule is CCCC(C)NC(=O)C(C)N(CC)CCCO. The topological polar surface area (TPSA) is 52.6 Å². The number of aliphatic hydroxyl groups is 1. The number of nitrogens with zero attached hydrogens (tertiary/aromatic N) is 1. The van der Waals surface area contributed by atoms with Gasteiger partial charge in [-0.1, -0.05) is 20.3 Å². The minimum atomic E-state index is -0.120. The van der Waals surface area contributed by atoms with Gasteiger partial charge in [0.2, 0.25) is 5.91 Å². The molecule has 0 saturated heterocycles. The zero-order chi connectivity index (χ0) is 13.3. The number of hydrogen-bond acceptors (Lipinski definition) is 3. The highest BCUT2D eigenvalue weighted by Crippen LogP contribution is 2.02. The lowest BCUT2D eigenvalue weighted by Crippen LogP contribution is -2.48. The van der Waals surface area contributed by atoms with Crippen molar-refractivity contribution in [2.24, 2.45) is 0 Å². The Morgan fingerprint density at radius 2 is 2.00 bits per heavy atom. The fraction of sp³-hybridized carbons (Fsp3) is 0.923. The predicted molar refractivity (Wildman–Crippen MR) is 70.9 cm³/mol. The molecule has 2 unspecified atom stereocenters. The van der Waals surface area contributed by atoms with Crippen molar-refractivity contribution in [2.45, 2.75) is 59.0 Å². The van der Waals surface area contributed by atoms with E-state index < -0.39 is 0 Å². The molecule has 1 amide bonds.